The third-order valence-electron chi connectivity index (χ3n) is 9.13. The van der Waals surface area contributed by atoms with E-state index in [1.165, 1.54) is 17.7 Å². The van der Waals surface area contributed by atoms with E-state index in [-0.39, 0.29) is 5.82 Å². The molecular formula is C27H30FN3O3. The standard InChI is InChI=1S/C27H30FN3O3/c1-14-20(21(14)13-31-26(32)23-16-2-3-17(10-16)24(23)27(31)33)12-30-8-6-15(7-9-30)25-19-5-4-18(28)11-22(19)34-29-25/h4-5,11,15-17,20-21,32-33H,1-3,6-10,12-13H2/t16?,17?,20-,21-/m0/s1. The smallest absolute Gasteiger partial charge is 0.197 e. The van der Waals surface area contributed by atoms with Gasteiger partial charge in [-0.1, -0.05) is 17.3 Å². The highest BCUT2D eigenvalue weighted by Gasteiger charge is 2.47. The highest BCUT2D eigenvalue weighted by molar-refractivity contribution is 5.79. The second kappa shape index (κ2) is 7.35. The van der Waals surface area contributed by atoms with E-state index >= 15 is 0 Å². The SMILES string of the molecule is C=C1[C@H](CN2CCC(c3noc4cc(F)ccc34)CC2)[C@H]1Cn1c(O)c2c(c1O)C1CCC2C1. The Kier molecular flexibility index (Phi) is 4.44. The molecule has 0 amide bonds. The predicted molar refractivity (Wildman–Crippen MR) is 126 cm³/mol. The van der Waals surface area contributed by atoms with Gasteiger partial charge in [-0.05, 0) is 69.2 Å². The number of fused-ring (bicyclic) bond motifs is 6. The summed E-state index contributed by atoms with van der Waals surface area (Å²) >= 11 is 0. The van der Waals surface area contributed by atoms with Crippen LogP contribution in [0.2, 0.25) is 0 Å². The van der Waals surface area contributed by atoms with Crippen LogP contribution in [0.1, 0.15) is 66.7 Å². The number of nitrogens with zero attached hydrogens (tertiary/aromatic N) is 3. The molecule has 3 fully saturated rings. The summed E-state index contributed by atoms with van der Waals surface area (Å²) in [5, 5.41) is 26.9. The number of likely N-dealkylation sites (tertiary alicyclic amines) is 1. The van der Waals surface area contributed by atoms with Gasteiger partial charge in [0.25, 0.3) is 0 Å². The summed E-state index contributed by atoms with van der Waals surface area (Å²) < 4.78 is 20.6. The van der Waals surface area contributed by atoms with Gasteiger partial charge in [0.15, 0.2) is 17.3 Å². The van der Waals surface area contributed by atoms with E-state index in [1.807, 2.05) is 0 Å². The minimum absolute atomic E-state index is 0.290. The molecule has 1 aliphatic heterocycles. The normalized spacial score (nSPS) is 28.8. The van der Waals surface area contributed by atoms with E-state index in [0.717, 1.165) is 73.9 Å². The van der Waals surface area contributed by atoms with Crippen LogP contribution in [-0.4, -0.2) is 44.5 Å². The second-order valence-electron chi connectivity index (χ2n) is 10.9. The molecule has 1 aromatic carbocycles. The van der Waals surface area contributed by atoms with Crippen molar-refractivity contribution in [2.24, 2.45) is 11.8 Å². The summed E-state index contributed by atoms with van der Waals surface area (Å²) in [5.74, 6) is 2.15. The lowest BCUT2D eigenvalue weighted by Crippen LogP contribution is -2.35. The third kappa shape index (κ3) is 2.98. The molecule has 7 rings (SSSR count). The molecule has 3 aliphatic carbocycles. The molecule has 178 valence electrons. The molecule has 3 heterocycles. The molecule has 4 atom stereocenters. The summed E-state index contributed by atoms with van der Waals surface area (Å²) in [5.41, 5.74) is 4.72. The highest BCUT2D eigenvalue weighted by atomic mass is 19.1. The van der Waals surface area contributed by atoms with Gasteiger partial charge < -0.3 is 19.6 Å². The third-order valence-corrected chi connectivity index (χ3v) is 9.13. The lowest BCUT2D eigenvalue weighted by molar-refractivity contribution is 0.198. The van der Waals surface area contributed by atoms with Gasteiger partial charge in [0.1, 0.15) is 5.82 Å². The maximum absolute atomic E-state index is 13.5. The Bertz CT molecular complexity index is 1270. The lowest BCUT2D eigenvalue weighted by Gasteiger charge is -2.31. The highest BCUT2D eigenvalue weighted by Crippen LogP contribution is 2.60. The minimum Gasteiger partial charge on any atom is -0.494 e. The predicted octanol–water partition coefficient (Wildman–Crippen LogP) is 5.23. The first-order valence-electron chi connectivity index (χ1n) is 12.6. The Balaban J connectivity index is 0.988. The number of piperidine rings is 1. The van der Waals surface area contributed by atoms with Crippen molar-refractivity contribution in [3.63, 3.8) is 0 Å². The average molecular weight is 464 g/mol. The zero-order valence-corrected chi connectivity index (χ0v) is 19.2. The molecule has 4 aliphatic rings. The molecule has 6 nitrogen and oxygen atoms in total. The molecule has 7 heteroatoms. The maximum Gasteiger partial charge on any atom is 0.197 e. The summed E-state index contributed by atoms with van der Waals surface area (Å²) in [6, 6.07) is 4.64. The van der Waals surface area contributed by atoms with Gasteiger partial charge in [0.2, 0.25) is 0 Å². The van der Waals surface area contributed by atoms with Crippen LogP contribution in [0.15, 0.2) is 34.9 Å². The average Bonchev–Trinajstić information content (AvgIpc) is 3.36. The summed E-state index contributed by atoms with van der Waals surface area (Å²) in [6.07, 6.45) is 5.34. The van der Waals surface area contributed by atoms with E-state index in [9.17, 15) is 14.6 Å². The lowest BCUT2D eigenvalue weighted by atomic mass is 9.91. The van der Waals surface area contributed by atoms with Crippen molar-refractivity contribution >= 4 is 11.0 Å². The van der Waals surface area contributed by atoms with Crippen molar-refractivity contribution in [2.75, 3.05) is 19.6 Å². The molecular weight excluding hydrogens is 433 g/mol. The first-order chi connectivity index (χ1) is 16.5. The Morgan fingerprint density at radius 2 is 1.65 bits per heavy atom. The topological polar surface area (TPSA) is 74.7 Å². The van der Waals surface area contributed by atoms with Gasteiger partial charge in [-0.2, -0.15) is 0 Å². The fraction of sp³-hybridized carbons (Fsp3) is 0.519. The number of aromatic nitrogens is 2. The summed E-state index contributed by atoms with van der Waals surface area (Å²) in [7, 11) is 0. The molecule has 0 spiro atoms. The molecule has 2 bridgehead atoms. The molecule has 1 saturated heterocycles. The molecule has 2 unspecified atom stereocenters. The first kappa shape index (κ1) is 20.6. The van der Waals surface area contributed by atoms with Crippen molar-refractivity contribution in [1.82, 2.24) is 14.6 Å². The number of hydrogen-bond donors (Lipinski definition) is 2. The number of aromatic hydroxyl groups is 2. The number of halogens is 1. The van der Waals surface area contributed by atoms with Crippen molar-refractivity contribution in [3.8, 4) is 11.8 Å². The van der Waals surface area contributed by atoms with Crippen LogP contribution in [0.4, 0.5) is 4.39 Å². The van der Waals surface area contributed by atoms with Crippen LogP contribution in [0.25, 0.3) is 11.0 Å². The largest absolute Gasteiger partial charge is 0.494 e. The molecule has 2 N–H and O–H groups in total. The summed E-state index contributed by atoms with van der Waals surface area (Å²) in [4.78, 5) is 2.49. The van der Waals surface area contributed by atoms with E-state index in [4.69, 9.17) is 4.52 Å². The Morgan fingerprint density at radius 3 is 2.35 bits per heavy atom. The number of rotatable bonds is 5. The van der Waals surface area contributed by atoms with Crippen molar-refractivity contribution in [2.45, 2.75) is 56.4 Å². The minimum atomic E-state index is -0.303. The Labute approximate surface area is 197 Å². The molecule has 34 heavy (non-hydrogen) atoms. The van der Waals surface area contributed by atoms with Crippen molar-refractivity contribution < 1.29 is 19.1 Å². The van der Waals surface area contributed by atoms with Gasteiger partial charge in [0.05, 0.1) is 5.69 Å². The van der Waals surface area contributed by atoms with Gasteiger partial charge >= 0.3 is 0 Å². The van der Waals surface area contributed by atoms with Crippen molar-refractivity contribution in [3.05, 3.63) is 53.0 Å². The van der Waals surface area contributed by atoms with Crippen LogP contribution >= 0.6 is 0 Å². The summed E-state index contributed by atoms with van der Waals surface area (Å²) in [6.45, 7) is 7.84. The van der Waals surface area contributed by atoms with Crippen molar-refractivity contribution in [1.29, 1.82) is 0 Å². The number of benzene rings is 1. The Hall–Kier alpha value is -2.80. The Morgan fingerprint density at radius 1 is 0.971 bits per heavy atom. The fourth-order valence-corrected chi connectivity index (χ4v) is 7.14. The van der Waals surface area contributed by atoms with Crippen LogP contribution in [0.3, 0.4) is 0 Å². The van der Waals surface area contributed by atoms with Gasteiger partial charge in [0, 0.05) is 53.4 Å². The van der Waals surface area contributed by atoms with Gasteiger partial charge in [-0.3, -0.25) is 4.57 Å². The van der Waals surface area contributed by atoms with E-state index < -0.39 is 0 Å². The molecule has 3 aromatic rings. The van der Waals surface area contributed by atoms with Crippen LogP contribution < -0.4 is 0 Å². The fourth-order valence-electron chi connectivity index (χ4n) is 7.14. The van der Waals surface area contributed by atoms with Gasteiger partial charge in [-0.15, -0.1) is 0 Å². The zero-order valence-electron chi connectivity index (χ0n) is 19.2. The van der Waals surface area contributed by atoms with Gasteiger partial charge in [-0.25, -0.2) is 4.39 Å². The van der Waals surface area contributed by atoms with Crippen LogP contribution in [0.5, 0.6) is 11.8 Å². The van der Waals surface area contributed by atoms with E-state index in [0.29, 0.717) is 53.5 Å². The van der Waals surface area contributed by atoms with E-state index in [1.54, 1.807) is 10.6 Å². The zero-order chi connectivity index (χ0) is 23.1. The van der Waals surface area contributed by atoms with E-state index in [2.05, 4.69) is 16.6 Å². The second-order valence-corrected chi connectivity index (χ2v) is 10.9. The molecule has 2 aromatic heterocycles. The number of hydrogen-bond acceptors (Lipinski definition) is 5. The van der Waals surface area contributed by atoms with Crippen LogP contribution in [0, 0.1) is 17.7 Å². The molecule has 0 radical (unpaired) electrons. The quantitative estimate of drug-likeness (QED) is 0.507. The monoisotopic (exact) mass is 463 g/mol. The first-order valence-corrected chi connectivity index (χ1v) is 12.6. The molecule has 2 saturated carbocycles. The van der Waals surface area contributed by atoms with Crippen LogP contribution in [-0.2, 0) is 6.54 Å². The maximum atomic E-state index is 13.5.